The first-order chi connectivity index (χ1) is 8.24. The monoisotopic (exact) mass is 228 g/mol. The molecule has 0 heterocycles. The fourth-order valence-electron chi connectivity index (χ4n) is 2.83. The fraction of sp³-hybridized carbons (Fsp3) is 0.375. The van der Waals surface area contributed by atoms with Crippen LogP contribution in [0, 0.1) is 0 Å². The van der Waals surface area contributed by atoms with Crippen LogP contribution < -0.4 is 0 Å². The van der Waals surface area contributed by atoms with Crippen LogP contribution in [-0.2, 0) is 0 Å². The smallest absolute Gasteiger partial charge is 0.116 e. The third kappa shape index (κ3) is 2.44. The first kappa shape index (κ1) is 12.0. The molecule has 0 bridgehead atoms. The lowest BCUT2D eigenvalue weighted by atomic mass is 9.81. The van der Waals surface area contributed by atoms with E-state index in [1.165, 1.54) is 37.7 Å². The molecule has 1 aliphatic carbocycles. The maximum Gasteiger partial charge on any atom is 0.116 e. The van der Waals surface area contributed by atoms with Crippen molar-refractivity contribution in [2.24, 2.45) is 0 Å². The Balaban J connectivity index is 2.41. The van der Waals surface area contributed by atoms with Gasteiger partial charge >= 0.3 is 0 Å². The van der Waals surface area contributed by atoms with E-state index in [2.05, 4.69) is 19.2 Å². The largest absolute Gasteiger partial charge is 0.508 e. The molecule has 0 atom stereocenters. The Morgan fingerprint density at radius 3 is 2.53 bits per heavy atom. The van der Waals surface area contributed by atoms with Crippen LogP contribution in [0.3, 0.4) is 0 Å². The number of hydrogen-bond donors (Lipinski definition) is 1. The molecule has 1 aromatic rings. The fourth-order valence-corrected chi connectivity index (χ4v) is 2.83. The van der Waals surface area contributed by atoms with Gasteiger partial charge in [0.1, 0.15) is 5.76 Å². The van der Waals surface area contributed by atoms with Crippen molar-refractivity contribution in [2.45, 2.75) is 38.0 Å². The summed E-state index contributed by atoms with van der Waals surface area (Å²) >= 11 is 0. The Morgan fingerprint density at radius 1 is 1.24 bits per heavy atom. The van der Waals surface area contributed by atoms with Crippen molar-refractivity contribution in [1.29, 1.82) is 0 Å². The van der Waals surface area contributed by atoms with Crippen LogP contribution in [0.5, 0.6) is 0 Å². The zero-order chi connectivity index (χ0) is 12.3. The van der Waals surface area contributed by atoms with Crippen LogP contribution >= 0.6 is 0 Å². The molecular weight excluding hydrogens is 208 g/mol. The van der Waals surface area contributed by atoms with Gasteiger partial charge in [0, 0.05) is 5.56 Å². The van der Waals surface area contributed by atoms with Crippen molar-refractivity contribution in [3.63, 3.8) is 0 Å². The highest BCUT2D eigenvalue weighted by molar-refractivity contribution is 5.70. The first-order valence-electron chi connectivity index (χ1n) is 6.37. The molecule has 0 aliphatic heterocycles. The minimum atomic E-state index is 0.137. The molecule has 0 radical (unpaired) electrons. The van der Waals surface area contributed by atoms with Crippen LogP contribution in [0.15, 0.2) is 31.4 Å². The van der Waals surface area contributed by atoms with Crippen LogP contribution in [0.2, 0.25) is 0 Å². The summed E-state index contributed by atoms with van der Waals surface area (Å²) in [5.74, 6) is 0.758. The van der Waals surface area contributed by atoms with E-state index in [4.69, 9.17) is 0 Å². The Kier molecular flexibility index (Phi) is 3.68. The van der Waals surface area contributed by atoms with E-state index in [1.54, 1.807) is 0 Å². The summed E-state index contributed by atoms with van der Waals surface area (Å²) in [6.45, 7) is 7.51. The minimum Gasteiger partial charge on any atom is -0.508 e. The topological polar surface area (TPSA) is 20.2 Å². The summed E-state index contributed by atoms with van der Waals surface area (Å²) in [5.41, 5.74) is 3.21. The number of aliphatic hydroxyl groups excluding tert-OH is 1. The zero-order valence-corrected chi connectivity index (χ0v) is 10.3. The summed E-state index contributed by atoms with van der Waals surface area (Å²) in [5, 5.41) is 9.62. The van der Waals surface area contributed by atoms with Crippen molar-refractivity contribution in [1.82, 2.24) is 0 Å². The Hall–Kier alpha value is -1.50. The van der Waals surface area contributed by atoms with E-state index in [1.807, 2.05) is 18.2 Å². The number of aliphatic hydroxyl groups is 1. The van der Waals surface area contributed by atoms with Crippen molar-refractivity contribution in [2.75, 3.05) is 0 Å². The predicted molar refractivity (Wildman–Crippen MR) is 74.0 cm³/mol. The molecule has 1 nitrogen and oxygen atoms in total. The summed E-state index contributed by atoms with van der Waals surface area (Å²) in [6.07, 6.45) is 8.33. The summed E-state index contributed by atoms with van der Waals surface area (Å²) < 4.78 is 0. The SMILES string of the molecule is C=Cc1c(C(=C)O)cccc1C1CCCCC1. The van der Waals surface area contributed by atoms with E-state index in [0.717, 1.165) is 11.1 Å². The lowest BCUT2D eigenvalue weighted by Crippen LogP contribution is -2.07. The van der Waals surface area contributed by atoms with E-state index in [9.17, 15) is 5.11 Å². The zero-order valence-electron chi connectivity index (χ0n) is 10.3. The van der Waals surface area contributed by atoms with E-state index >= 15 is 0 Å². The molecule has 1 aromatic carbocycles. The Bertz CT molecular complexity index is 425. The maximum atomic E-state index is 9.62. The first-order valence-corrected chi connectivity index (χ1v) is 6.37. The quantitative estimate of drug-likeness (QED) is 0.729. The Labute approximate surface area is 103 Å². The van der Waals surface area contributed by atoms with Gasteiger partial charge in [0.05, 0.1) is 0 Å². The maximum absolute atomic E-state index is 9.62. The third-order valence-corrected chi connectivity index (χ3v) is 3.70. The normalized spacial score (nSPS) is 16.7. The van der Waals surface area contributed by atoms with Crippen molar-refractivity contribution >= 4 is 11.8 Å². The summed E-state index contributed by atoms with van der Waals surface area (Å²) in [4.78, 5) is 0. The minimum absolute atomic E-state index is 0.137. The van der Waals surface area contributed by atoms with Crippen LogP contribution in [0.1, 0.15) is 54.7 Å². The van der Waals surface area contributed by atoms with Crippen molar-refractivity contribution in [3.8, 4) is 0 Å². The molecule has 0 unspecified atom stereocenters. The molecule has 90 valence electrons. The van der Waals surface area contributed by atoms with Crippen LogP contribution in [0.4, 0.5) is 0 Å². The van der Waals surface area contributed by atoms with Gasteiger partial charge in [-0.2, -0.15) is 0 Å². The van der Waals surface area contributed by atoms with Gasteiger partial charge in [0.2, 0.25) is 0 Å². The van der Waals surface area contributed by atoms with Crippen LogP contribution in [0.25, 0.3) is 11.8 Å². The second-order valence-electron chi connectivity index (χ2n) is 4.79. The van der Waals surface area contributed by atoms with Gasteiger partial charge in [0.15, 0.2) is 0 Å². The molecule has 0 aromatic heterocycles. The molecule has 1 fully saturated rings. The third-order valence-electron chi connectivity index (χ3n) is 3.70. The molecule has 1 N–H and O–H groups in total. The van der Waals surface area contributed by atoms with Crippen molar-refractivity contribution < 1.29 is 5.11 Å². The average Bonchev–Trinajstić information content (AvgIpc) is 2.38. The van der Waals surface area contributed by atoms with Crippen LogP contribution in [-0.4, -0.2) is 5.11 Å². The molecule has 17 heavy (non-hydrogen) atoms. The van der Waals surface area contributed by atoms with Gasteiger partial charge in [-0.25, -0.2) is 0 Å². The number of rotatable bonds is 3. The number of hydrogen-bond acceptors (Lipinski definition) is 1. The lowest BCUT2D eigenvalue weighted by molar-refractivity contribution is 0.443. The number of benzene rings is 1. The average molecular weight is 228 g/mol. The van der Waals surface area contributed by atoms with Gasteiger partial charge in [-0.1, -0.05) is 56.7 Å². The molecule has 0 amide bonds. The predicted octanol–water partition coefficient (Wildman–Crippen LogP) is 4.91. The van der Waals surface area contributed by atoms with Crippen molar-refractivity contribution in [3.05, 3.63) is 48.0 Å². The highest BCUT2D eigenvalue weighted by atomic mass is 16.3. The standard InChI is InChI=1S/C16H20O/c1-3-14-15(12(2)17)10-7-11-16(14)13-8-5-4-6-9-13/h3,7,10-11,13,17H,1-2,4-6,8-9H2. The lowest BCUT2D eigenvalue weighted by Gasteiger charge is -2.24. The molecule has 1 aliphatic rings. The van der Waals surface area contributed by atoms with Gasteiger partial charge in [-0.15, -0.1) is 0 Å². The Morgan fingerprint density at radius 2 is 1.94 bits per heavy atom. The van der Waals surface area contributed by atoms with E-state index in [-0.39, 0.29) is 5.76 Å². The highest BCUT2D eigenvalue weighted by Gasteiger charge is 2.19. The van der Waals surface area contributed by atoms with Gasteiger partial charge in [-0.05, 0) is 29.9 Å². The molecule has 1 heteroatoms. The summed E-state index contributed by atoms with van der Waals surface area (Å²) in [7, 11) is 0. The second kappa shape index (κ2) is 5.22. The van der Waals surface area contributed by atoms with E-state index in [0.29, 0.717) is 5.92 Å². The second-order valence-corrected chi connectivity index (χ2v) is 4.79. The molecule has 0 saturated heterocycles. The van der Waals surface area contributed by atoms with Gasteiger partial charge in [-0.3, -0.25) is 0 Å². The highest BCUT2D eigenvalue weighted by Crippen LogP contribution is 2.36. The molecule has 0 spiro atoms. The molecule has 1 saturated carbocycles. The molecule has 2 rings (SSSR count). The van der Waals surface area contributed by atoms with E-state index < -0.39 is 0 Å². The van der Waals surface area contributed by atoms with Gasteiger partial charge < -0.3 is 5.11 Å². The molecular formula is C16H20O. The van der Waals surface area contributed by atoms with Gasteiger partial charge in [0.25, 0.3) is 0 Å². The summed E-state index contributed by atoms with van der Waals surface area (Å²) in [6, 6.07) is 6.08.